The lowest BCUT2D eigenvalue weighted by Gasteiger charge is -2.73. The highest BCUT2D eigenvalue weighted by Crippen LogP contribution is 2.77. The number of allylic oxidation sites excluding steroid dienone is 1. The highest BCUT2D eigenvalue weighted by Gasteiger charge is 2.72. The Morgan fingerprint density at radius 2 is 1.52 bits per heavy atom. The van der Waals surface area contributed by atoms with Crippen LogP contribution in [0.2, 0.25) is 0 Å². The molecule has 6 aliphatic carbocycles. The number of carbonyl (C=O) groups is 4. The number of fused-ring (bicyclic) bond motifs is 7. The number of rotatable bonds is 10. The maximum atomic E-state index is 15.0. The Kier molecular flexibility index (Phi) is 10.7. The first-order valence-corrected chi connectivity index (χ1v) is 22.6. The normalized spacial score (nSPS) is 40.9. The van der Waals surface area contributed by atoms with Gasteiger partial charge in [0.1, 0.15) is 12.7 Å². The summed E-state index contributed by atoms with van der Waals surface area (Å²) >= 11 is 0. The molecule has 0 aliphatic heterocycles. The third-order valence-electron chi connectivity index (χ3n) is 19.0. The molecule has 0 heterocycles. The van der Waals surface area contributed by atoms with Crippen molar-refractivity contribution in [1.82, 2.24) is 5.32 Å². The van der Waals surface area contributed by atoms with Crippen molar-refractivity contribution in [3.8, 4) is 0 Å². The molecule has 0 radical (unpaired) electrons. The van der Waals surface area contributed by atoms with Gasteiger partial charge in [-0.3, -0.25) is 19.2 Å². The molecule has 8 nitrogen and oxygen atoms in total. The minimum absolute atomic E-state index is 0.0651. The predicted molar refractivity (Wildman–Crippen MR) is 225 cm³/mol. The van der Waals surface area contributed by atoms with Gasteiger partial charge in [0, 0.05) is 11.5 Å². The van der Waals surface area contributed by atoms with Crippen molar-refractivity contribution >= 4 is 23.8 Å². The summed E-state index contributed by atoms with van der Waals surface area (Å²) in [6, 6.07) is 9.71. The zero-order chi connectivity index (χ0) is 42.4. The molecule has 6 saturated carbocycles. The molecular weight excluding hydrogens is 727 g/mol. The number of hydrogen-bond donors (Lipinski definition) is 2. The predicted octanol–water partition coefficient (Wildman–Crippen LogP) is 10.3. The van der Waals surface area contributed by atoms with Gasteiger partial charge in [0.15, 0.2) is 0 Å². The monoisotopic (exact) mass is 800 g/mol. The van der Waals surface area contributed by atoms with E-state index in [-0.39, 0.29) is 70.5 Å². The number of carbonyl (C=O) groups excluding carboxylic acids is 3. The molecule has 8 heteroatoms. The van der Waals surface area contributed by atoms with Gasteiger partial charge in [-0.2, -0.15) is 0 Å². The van der Waals surface area contributed by atoms with E-state index in [0.717, 1.165) is 69.8 Å². The summed E-state index contributed by atoms with van der Waals surface area (Å²) < 4.78 is 12.0. The number of amides is 1. The first-order chi connectivity index (χ1) is 27.0. The molecule has 1 amide bonds. The van der Waals surface area contributed by atoms with Crippen molar-refractivity contribution in [3.05, 3.63) is 48.0 Å². The second-order valence-corrected chi connectivity index (χ2v) is 22.8. The van der Waals surface area contributed by atoms with E-state index in [1.54, 1.807) is 13.8 Å². The van der Waals surface area contributed by atoms with E-state index >= 15 is 0 Å². The number of aliphatic carboxylic acids is 1. The zero-order valence-electron chi connectivity index (χ0n) is 37.3. The fourth-order valence-corrected chi connectivity index (χ4v) is 15.1. The van der Waals surface area contributed by atoms with Crippen LogP contribution in [0.5, 0.6) is 0 Å². The van der Waals surface area contributed by atoms with Crippen LogP contribution in [-0.4, -0.2) is 41.1 Å². The van der Waals surface area contributed by atoms with Crippen LogP contribution in [0, 0.1) is 73.4 Å². The molecule has 58 heavy (non-hydrogen) atoms. The fourth-order valence-electron chi connectivity index (χ4n) is 15.1. The summed E-state index contributed by atoms with van der Waals surface area (Å²) in [5, 5.41) is 13.2. The highest BCUT2D eigenvalue weighted by molar-refractivity contribution is 5.85. The first kappa shape index (κ1) is 42.9. The third-order valence-corrected chi connectivity index (χ3v) is 19.0. The highest BCUT2D eigenvalue weighted by atomic mass is 16.5. The number of nitrogens with one attached hydrogen (secondary N) is 1. The van der Waals surface area contributed by atoms with Crippen LogP contribution in [0.15, 0.2) is 42.5 Å². The Balaban J connectivity index is 1.08. The van der Waals surface area contributed by atoms with Crippen molar-refractivity contribution in [2.75, 3.05) is 0 Å². The minimum Gasteiger partial charge on any atom is -0.481 e. The van der Waals surface area contributed by atoms with Gasteiger partial charge in [-0.1, -0.05) is 91.0 Å². The second kappa shape index (κ2) is 14.5. The molecule has 12 atom stereocenters. The van der Waals surface area contributed by atoms with E-state index in [4.69, 9.17) is 9.47 Å². The summed E-state index contributed by atoms with van der Waals surface area (Å²) in [6.07, 6.45) is 10.2. The molecule has 1 aromatic carbocycles. The Labute approximate surface area is 348 Å². The van der Waals surface area contributed by atoms with Crippen LogP contribution in [0.25, 0.3) is 0 Å². The van der Waals surface area contributed by atoms with Crippen LogP contribution in [0.3, 0.4) is 0 Å². The van der Waals surface area contributed by atoms with E-state index < -0.39 is 28.2 Å². The first-order valence-electron chi connectivity index (χ1n) is 22.6. The number of carboxylic acid groups (broad SMARTS) is 1. The molecule has 6 fully saturated rings. The SMILES string of the molecule is C=C(C)[C@@H]1CC[C@]2(C(=O)NC3C[C@H](C(=O)OCc4ccccc4)C3(C)C)CC[C@]3(C)[C@H](CC[C@@H]4[C@@]5(C)CC[C@H](OC(=O)CC(C)(C)C(=O)O)C(C)(C)[C@@H]5CC[C@]43C)[C@@H]12. The molecule has 0 saturated heterocycles. The number of esters is 2. The van der Waals surface area contributed by atoms with Crippen LogP contribution in [0.1, 0.15) is 152 Å². The molecule has 1 unspecified atom stereocenters. The molecule has 7 rings (SSSR count). The van der Waals surface area contributed by atoms with Crippen LogP contribution in [0.4, 0.5) is 0 Å². The van der Waals surface area contributed by atoms with E-state index in [0.29, 0.717) is 30.1 Å². The fraction of sp³-hybridized carbons (Fsp3) is 0.760. The Bertz CT molecular complexity index is 1820. The summed E-state index contributed by atoms with van der Waals surface area (Å²) in [5.41, 5.74) is 0.184. The van der Waals surface area contributed by atoms with E-state index in [2.05, 4.69) is 67.3 Å². The third kappa shape index (κ3) is 6.50. The molecule has 0 spiro atoms. The van der Waals surface area contributed by atoms with Gasteiger partial charge in [-0.15, -0.1) is 0 Å². The van der Waals surface area contributed by atoms with Crippen molar-refractivity contribution in [2.24, 2.45) is 73.4 Å². The van der Waals surface area contributed by atoms with Gasteiger partial charge >= 0.3 is 17.9 Å². The smallest absolute Gasteiger partial charge is 0.309 e. The van der Waals surface area contributed by atoms with Gasteiger partial charge in [-0.05, 0) is 148 Å². The van der Waals surface area contributed by atoms with E-state index in [1.807, 2.05) is 30.3 Å². The second-order valence-electron chi connectivity index (χ2n) is 22.8. The molecule has 0 bridgehead atoms. The lowest BCUT2D eigenvalue weighted by Crippen LogP contribution is -2.68. The molecule has 320 valence electrons. The maximum Gasteiger partial charge on any atom is 0.309 e. The van der Waals surface area contributed by atoms with Gasteiger partial charge < -0.3 is 19.9 Å². The van der Waals surface area contributed by atoms with Gasteiger partial charge in [0.25, 0.3) is 0 Å². The molecule has 2 N–H and O–H groups in total. The average Bonchev–Trinajstić information content (AvgIpc) is 3.55. The van der Waals surface area contributed by atoms with Gasteiger partial charge in [0.2, 0.25) is 5.91 Å². The Morgan fingerprint density at radius 3 is 2.16 bits per heavy atom. The maximum absolute atomic E-state index is 15.0. The lowest BCUT2D eigenvalue weighted by molar-refractivity contribution is -0.249. The molecule has 6 aliphatic rings. The molecule has 0 aromatic heterocycles. The topological polar surface area (TPSA) is 119 Å². The number of ether oxygens (including phenoxy) is 2. The Morgan fingerprint density at radius 1 is 0.828 bits per heavy atom. The van der Waals surface area contributed by atoms with Crippen molar-refractivity contribution in [3.63, 3.8) is 0 Å². The van der Waals surface area contributed by atoms with Crippen LogP contribution < -0.4 is 5.32 Å². The lowest BCUT2D eigenvalue weighted by atomic mass is 9.32. The number of carboxylic acids is 1. The van der Waals surface area contributed by atoms with Crippen molar-refractivity contribution < 1.29 is 33.8 Å². The van der Waals surface area contributed by atoms with Crippen LogP contribution >= 0.6 is 0 Å². The van der Waals surface area contributed by atoms with E-state index in [9.17, 15) is 24.3 Å². The minimum atomic E-state index is -1.17. The summed E-state index contributed by atoms with van der Waals surface area (Å²) in [5.74, 6) is 0.222. The summed E-state index contributed by atoms with van der Waals surface area (Å²) in [7, 11) is 0. The number of benzene rings is 1. The standard InChI is InChI=1S/C50H73NO7/c1-30(2)32-19-24-50(42(54)51-37-27-34(45(37,5)6)41(53)57-29-31-15-13-12-14-16-31)26-25-48(10)33(40(32)50)17-18-36-47(9)22-21-38(58-39(52)28-44(3,4)43(55)56)46(7,8)35(47)20-23-49(36,48)11/h12-16,32-38,40H,1,17-29H2,2-11H3,(H,51,54)(H,55,56)/t32-,33+,34+,35-,36+,37?,38-,40+,47-,48+,49+,50-/m0/s1. The summed E-state index contributed by atoms with van der Waals surface area (Å²) in [6.45, 7) is 26.7. The quantitative estimate of drug-likeness (QED) is 0.179. The van der Waals surface area contributed by atoms with Crippen molar-refractivity contribution in [1.29, 1.82) is 0 Å². The van der Waals surface area contributed by atoms with E-state index in [1.165, 1.54) is 5.57 Å². The number of hydrogen-bond acceptors (Lipinski definition) is 6. The average molecular weight is 800 g/mol. The zero-order valence-corrected chi connectivity index (χ0v) is 37.3. The molecular formula is C50H73NO7. The van der Waals surface area contributed by atoms with Crippen LogP contribution in [-0.2, 0) is 35.3 Å². The largest absolute Gasteiger partial charge is 0.481 e. The van der Waals surface area contributed by atoms with Crippen molar-refractivity contribution in [2.45, 2.75) is 165 Å². The molecule has 1 aromatic rings. The van der Waals surface area contributed by atoms with Gasteiger partial charge in [0.05, 0.1) is 23.2 Å². The Hall–Kier alpha value is -3.16. The summed E-state index contributed by atoms with van der Waals surface area (Å²) in [4.78, 5) is 53.2. The van der Waals surface area contributed by atoms with Gasteiger partial charge in [-0.25, -0.2) is 0 Å².